The Bertz CT molecular complexity index is 752. The molecule has 0 saturated heterocycles. The maximum atomic E-state index is 11.2. The van der Waals surface area contributed by atoms with Gasteiger partial charge in [0.05, 0.1) is 23.0 Å². The summed E-state index contributed by atoms with van der Waals surface area (Å²) in [5, 5.41) is 4.97. The third kappa shape index (κ3) is 2.02. The molecule has 0 spiro atoms. The third-order valence-electron chi connectivity index (χ3n) is 2.68. The van der Waals surface area contributed by atoms with E-state index >= 15 is 0 Å². The van der Waals surface area contributed by atoms with Gasteiger partial charge < -0.3 is 4.84 Å². The topological polar surface area (TPSA) is 95.9 Å². The van der Waals surface area contributed by atoms with Crippen LogP contribution in [-0.4, -0.2) is 25.7 Å². The van der Waals surface area contributed by atoms with Gasteiger partial charge in [-0.15, -0.1) is 0 Å². The molecule has 2 N–H and O–H groups in total. The molecule has 0 aliphatic carbocycles. The van der Waals surface area contributed by atoms with Gasteiger partial charge in [-0.1, -0.05) is 0 Å². The highest BCUT2D eigenvalue weighted by Crippen LogP contribution is 2.15. The second-order valence-corrected chi connectivity index (χ2v) is 3.84. The van der Waals surface area contributed by atoms with Crippen molar-refractivity contribution in [1.82, 2.24) is 19.7 Å². The predicted molar refractivity (Wildman–Crippen MR) is 66.3 cm³/mol. The lowest BCUT2D eigenvalue weighted by atomic mass is 10.2. The van der Waals surface area contributed by atoms with Gasteiger partial charge in [0.1, 0.15) is 6.33 Å². The minimum absolute atomic E-state index is 0.284. The quantitative estimate of drug-likeness (QED) is 0.682. The number of hydrogen-bond donors (Lipinski definition) is 1. The van der Waals surface area contributed by atoms with Gasteiger partial charge in [-0.05, 0) is 18.2 Å². The molecule has 0 fully saturated rings. The molecule has 2 heterocycles. The van der Waals surface area contributed by atoms with Crippen molar-refractivity contribution in [3.05, 3.63) is 48.7 Å². The molecule has 0 radical (unpaired) electrons. The minimum atomic E-state index is -0.629. The maximum absolute atomic E-state index is 11.2. The monoisotopic (exact) mass is 255 g/mol. The Hall–Kier alpha value is -2.80. The summed E-state index contributed by atoms with van der Waals surface area (Å²) in [6.07, 6.45) is 6.14. The van der Waals surface area contributed by atoms with Gasteiger partial charge in [0.15, 0.2) is 0 Å². The molecule has 0 atom stereocenters. The standard InChI is InChI=1S/C12H9N5O2/c13-19-12(18)9-5-16-17(6-9)10-1-2-11-8(3-10)4-14-7-15-11/h1-7H,13H2. The van der Waals surface area contributed by atoms with Crippen LogP contribution in [0.5, 0.6) is 0 Å². The van der Waals surface area contributed by atoms with E-state index in [2.05, 4.69) is 19.9 Å². The zero-order valence-corrected chi connectivity index (χ0v) is 9.72. The van der Waals surface area contributed by atoms with E-state index in [-0.39, 0.29) is 5.56 Å². The van der Waals surface area contributed by atoms with Crippen molar-refractivity contribution in [3.8, 4) is 5.69 Å². The van der Waals surface area contributed by atoms with Gasteiger partial charge in [0.25, 0.3) is 0 Å². The second kappa shape index (κ2) is 4.46. The molecular weight excluding hydrogens is 246 g/mol. The summed E-state index contributed by atoms with van der Waals surface area (Å²) in [4.78, 5) is 23.5. The van der Waals surface area contributed by atoms with Crippen LogP contribution in [0.4, 0.5) is 0 Å². The molecule has 0 bridgehead atoms. The Morgan fingerprint density at radius 3 is 3.05 bits per heavy atom. The fourth-order valence-electron chi connectivity index (χ4n) is 1.75. The van der Waals surface area contributed by atoms with Crippen molar-refractivity contribution in [1.29, 1.82) is 0 Å². The third-order valence-corrected chi connectivity index (χ3v) is 2.68. The van der Waals surface area contributed by atoms with Crippen molar-refractivity contribution in [3.63, 3.8) is 0 Å². The van der Waals surface area contributed by atoms with Crippen LogP contribution in [0.1, 0.15) is 10.4 Å². The molecule has 19 heavy (non-hydrogen) atoms. The fourth-order valence-corrected chi connectivity index (χ4v) is 1.75. The van der Waals surface area contributed by atoms with Crippen molar-refractivity contribution in [2.24, 2.45) is 5.90 Å². The number of hydrogen-bond acceptors (Lipinski definition) is 6. The lowest BCUT2D eigenvalue weighted by molar-refractivity contribution is 0.0503. The van der Waals surface area contributed by atoms with Crippen LogP contribution in [-0.2, 0) is 4.84 Å². The van der Waals surface area contributed by atoms with Gasteiger partial charge in [-0.3, -0.25) is 0 Å². The average molecular weight is 255 g/mol. The molecule has 0 amide bonds. The average Bonchev–Trinajstić information content (AvgIpc) is 2.95. The lowest BCUT2D eigenvalue weighted by Crippen LogP contribution is -2.09. The fraction of sp³-hybridized carbons (Fsp3) is 0. The molecule has 3 rings (SSSR count). The zero-order valence-electron chi connectivity index (χ0n) is 9.72. The Morgan fingerprint density at radius 1 is 1.32 bits per heavy atom. The molecular formula is C12H9N5O2. The van der Waals surface area contributed by atoms with E-state index in [4.69, 9.17) is 5.90 Å². The number of carbonyl (C=O) groups excluding carboxylic acids is 1. The van der Waals surface area contributed by atoms with Crippen molar-refractivity contribution >= 4 is 16.9 Å². The van der Waals surface area contributed by atoms with Gasteiger partial charge in [0, 0.05) is 17.8 Å². The molecule has 1 aromatic carbocycles. The summed E-state index contributed by atoms with van der Waals surface area (Å²) < 4.78 is 1.55. The van der Waals surface area contributed by atoms with Crippen LogP contribution >= 0.6 is 0 Å². The molecule has 7 heteroatoms. The minimum Gasteiger partial charge on any atom is -0.370 e. The van der Waals surface area contributed by atoms with E-state index in [1.54, 1.807) is 17.1 Å². The number of benzene rings is 1. The van der Waals surface area contributed by atoms with E-state index < -0.39 is 5.97 Å². The van der Waals surface area contributed by atoms with E-state index in [1.165, 1.54) is 12.5 Å². The highest BCUT2D eigenvalue weighted by Gasteiger charge is 2.10. The first-order valence-corrected chi connectivity index (χ1v) is 5.44. The molecule has 0 aliphatic heterocycles. The second-order valence-electron chi connectivity index (χ2n) is 3.84. The summed E-state index contributed by atoms with van der Waals surface area (Å²) >= 11 is 0. The molecule has 0 saturated carbocycles. The summed E-state index contributed by atoms with van der Waals surface area (Å²) in [5.41, 5.74) is 1.91. The number of rotatable bonds is 2. The van der Waals surface area contributed by atoms with Gasteiger partial charge in [-0.2, -0.15) is 11.0 Å². The maximum Gasteiger partial charge on any atom is 0.359 e. The smallest absolute Gasteiger partial charge is 0.359 e. The van der Waals surface area contributed by atoms with E-state index in [1.807, 2.05) is 18.2 Å². The van der Waals surface area contributed by atoms with E-state index in [9.17, 15) is 4.79 Å². The van der Waals surface area contributed by atoms with Crippen LogP contribution in [0.15, 0.2) is 43.1 Å². The SMILES string of the molecule is NOC(=O)c1cnn(-c2ccc3ncncc3c2)c1. The largest absolute Gasteiger partial charge is 0.370 e. The number of aromatic nitrogens is 4. The summed E-state index contributed by atoms with van der Waals surface area (Å²) in [7, 11) is 0. The first-order valence-electron chi connectivity index (χ1n) is 5.44. The van der Waals surface area contributed by atoms with Gasteiger partial charge in [0.2, 0.25) is 0 Å². The van der Waals surface area contributed by atoms with Crippen LogP contribution < -0.4 is 5.90 Å². The molecule has 7 nitrogen and oxygen atoms in total. The zero-order chi connectivity index (χ0) is 13.2. The van der Waals surface area contributed by atoms with Crippen LogP contribution in [0.25, 0.3) is 16.6 Å². The van der Waals surface area contributed by atoms with Crippen molar-refractivity contribution in [2.75, 3.05) is 0 Å². The molecule has 2 aromatic heterocycles. The first-order chi connectivity index (χ1) is 9.28. The molecule has 0 unspecified atom stereocenters. The summed E-state index contributed by atoms with van der Waals surface area (Å²) in [6, 6.07) is 5.58. The number of fused-ring (bicyclic) bond motifs is 1. The lowest BCUT2D eigenvalue weighted by Gasteiger charge is -2.02. The number of nitrogens with two attached hydrogens (primary N) is 1. The highest BCUT2D eigenvalue weighted by molar-refractivity contribution is 5.88. The van der Waals surface area contributed by atoms with E-state index in [0.717, 1.165) is 16.6 Å². The van der Waals surface area contributed by atoms with Crippen LogP contribution in [0.2, 0.25) is 0 Å². The van der Waals surface area contributed by atoms with Crippen molar-refractivity contribution in [2.45, 2.75) is 0 Å². The van der Waals surface area contributed by atoms with Crippen molar-refractivity contribution < 1.29 is 9.63 Å². The Balaban J connectivity index is 2.04. The summed E-state index contributed by atoms with van der Waals surface area (Å²) in [5.74, 6) is 4.19. The Labute approximate surface area is 107 Å². The summed E-state index contributed by atoms with van der Waals surface area (Å²) in [6.45, 7) is 0. The van der Waals surface area contributed by atoms with Gasteiger partial charge >= 0.3 is 5.97 Å². The van der Waals surface area contributed by atoms with Gasteiger partial charge in [-0.25, -0.2) is 19.4 Å². The van der Waals surface area contributed by atoms with E-state index in [0.29, 0.717) is 0 Å². The predicted octanol–water partition coefficient (Wildman–Crippen LogP) is 0.846. The van der Waals surface area contributed by atoms with Crippen LogP contribution in [0.3, 0.4) is 0 Å². The first kappa shape index (κ1) is 11.3. The molecule has 0 aliphatic rings. The normalized spacial score (nSPS) is 10.6. The Kier molecular flexibility index (Phi) is 2.66. The Morgan fingerprint density at radius 2 is 2.21 bits per heavy atom. The number of nitrogens with zero attached hydrogens (tertiary/aromatic N) is 4. The molecule has 3 aromatic rings. The highest BCUT2D eigenvalue weighted by atomic mass is 16.7. The van der Waals surface area contributed by atoms with Crippen LogP contribution in [0, 0.1) is 0 Å². The molecule has 94 valence electrons. The number of carbonyl (C=O) groups is 1.